The first-order valence-electron chi connectivity index (χ1n) is 7.50. The van der Waals surface area contributed by atoms with Gasteiger partial charge in [0.05, 0.1) is 5.52 Å². The summed E-state index contributed by atoms with van der Waals surface area (Å²) in [5.74, 6) is -0.125. The van der Waals surface area contributed by atoms with Gasteiger partial charge in [-0.15, -0.1) is 0 Å². The molecule has 122 valence electrons. The maximum Gasteiger partial charge on any atom is 0.247 e. The van der Waals surface area contributed by atoms with Crippen LogP contribution in [0.1, 0.15) is 12.8 Å². The molecule has 7 heteroatoms. The summed E-state index contributed by atoms with van der Waals surface area (Å²) < 4.78 is 23.1. The van der Waals surface area contributed by atoms with E-state index in [1.807, 2.05) is 30.3 Å². The quantitative estimate of drug-likeness (QED) is 0.885. The van der Waals surface area contributed by atoms with Gasteiger partial charge in [-0.05, 0) is 44.1 Å². The number of sulfone groups is 1. The van der Waals surface area contributed by atoms with Gasteiger partial charge in [-0.2, -0.15) is 0 Å². The SMILES string of the molecule is CS(=O)(=O)C1(C(=O)Nc2ccc3ccccc3n2)CCNCC1. The van der Waals surface area contributed by atoms with Crippen LogP contribution in [-0.4, -0.2) is 43.4 Å². The molecule has 0 bridgehead atoms. The fourth-order valence-corrected chi connectivity index (χ4v) is 4.30. The van der Waals surface area contributed by atoms with E-state index >= 15 is 0 Å². The number of carbonyl (C=O) groups is 1. The largest absolute Gasteiger partial charge is 0.317 e. The molecule has 1 saturated heterocycles. The number of nitrogens with zero attached hydrogens (tertiary/aromatic N) is 1. The molecule has 1 aromatic carbocycles. The summed E-state index contributed by atoms with van der Waals surface area (Å²) in [5, 5.41) is 6.75. The number of hydrogen-bond acceptors (Lipinski definition) is 5. The zero-order chi connectivity index (χ0) is 16.5. The first kappa shape index (κ1) is 15.9. The van der Waals surface area contributed by atoms with Crippen LogP contribution >= 0.6 is 0 Å². The van der Waals surface area contributed by atoms with E-state index in [4.69, 9.17) is 0 Å². The average molecular weight is 333 g/mol. The normalized spacial score (nSPS) is 17.8. The molecule has 2 heterocycles. The highest BCUT2D eigenvalue weighted by atomic mass is 32.2. The summed E-state index contributed by atoms with van der Waals surface area (Å²) in [6.07, 6.45) is 1.67. The van der Waals surface area contributed by atoms with Crippen LogP contribution in [0.4, 0.5) is 5.82 Å². The molecule has 2 N–H and O–H groups in total. The minimum Gasteiger partial charge on any atom is -0.317 e. The predicted octanol–water partition coefficient (Wildman–Crippen LogP) is 1.34. The molecule has 1 amide bonds. The number of aromatic nitrogens is 1. The number of hydrogen-bond donors (Lipinski definition) is 2. The van der Waals surface area contributed by atoms with E-state index in [-0.39, 0.29) is 12.8 Å². The van der Waals surface area contributed by atoms with Crippen LogP contribution in [0.25, 0.3) is 10.9 Å². The first-order chi connectivity index (χ1) is 10.9. The third kappa shape index (κ3) is 2.94. The van der Waals surface area contributed by atoms with E-state index < -0.39 is 20.5 Å². The summed E-state index contributed by atoms with van der Waals surface area (Å²) in [5.41, 5.74) is 0.754. The Bertz CT molecular complexity index is 843. The molecular weight excluding hydrogens is 314 g/mol. The number of rotatable bonds is 3. The molecule has 0 radical (unpaired) electrons. The van der Waals surface area contributed by atoms with Gasteiger partial charge in [0.25, 0.3) is 0 Å². The van der Waals surface area contributed by atoms with Gasteiger partial charge >= 0.3 is 0 Å². The molecule has 1 aromatic heterocycles. The highest BCUT2D eigenvalue weighted by Gasteiger charge is 2.48. The first-order valence-corrected chi connectivity index (χ1v) is 9.39. The Labute approximate surface area is 135 Å². The maximum absolute atomic E-state index is 12.7. The van der Waals surface area contributed by atoms with Crippen LogP contribution in [0, 0.1) is 0 Å². The van der Waals surface area contributed by atoms with Gasteiger partial charge < -0.3 is 10.6 Å². The maximum atomic E-state index is 12.7. The molecule has 3 rings (SSSR count). The number of carbonyl (C=O) groups excluding carboxylic acids is 1. The topological polar surface area (TPSA) is 88.2 Å². The summed E-state index contributed by atoms with van der Waals surface area (Å²) in [4.78, 5) is 17.1. The standard InChI is InChI=1S/C16H19N3O3S/c1-23(21,22)16(8-10-17-11-9-16)15(20)19-14-7-6-12-4-2-3-5-13(12)18-14/h2-7,17H,8-11H2,1H3,(H,18,19,20). The second kappa shape index (κ2) is 5.90. The van der Waals surface area contributed by atoms with Gasteiger partial charge in [0.15, 0.2) is 14.6 Å². The molecule has 0 aliphatic carbocycles. The Hall–Kier alpha value is -1.99. The fourth-order valence-electron chi connectivity index (χ4n) is 2.96. The Morgan fingerprint density at radius 3 is 2.57 bits per heavy atom. The number of piperidine rings is 1. The molecular formula is C16H19N3O3S. The van der Waals surface area contributed by atoms with Crippen molar-refractivity contribution in [3.05, 3.63) is 36.4 Å². The minimum atomic E-state index is -3.53. The second-order valence-electron chi connectivity index (χ2n) is 5.86. The molecule has 0 spiro atoms. The highest BCUT2D eigenvalue weighted by molar-refractivity contribution is 7.92. The van der Waals surface area contributed by atoms with Gasteiger partial charge in [-0.1, -0.05) is 18.2 Å². The average Bonchev–Trinajstić information content (AvgIpc) is 2.54. The molecule has 1 aliphatic heterocycles. The smallest absolute Gasteiger partial charge is 0.247 e. The molecule has 2 aromatic rings. The number of benzene rings is 1. The van der Waals surface area contributed by atoms with E-state index in [0.29, 0.717) is 18.9 Å². The van der Waals surface area contributed by atoms with Crippen LogP contribution in [-0.2, 0) is 14.6 Å². The minimum absolute atomic E-state index is 0.269. The van der Waals surface area contributed by atoms with Crippen LogP contribution in [0.5, 0.6) is 0 Å². The molecule has 0 atom stereocenters. The Morgan fingerprint density at radius 2 is 1.87 bits per heavy atom. The van der Waals surface area contributed by atoms with Crippen molar-refractivity contribution in [1.29, 1.82) is 0 Å². The summed E-state index contributed by atoms with van der Waals surface area (Å²) in [6, 6.07) is 11.1. The number of pyridine rings is 1. The van der Waals surface area contributed by atoms with Crippen LogP contribution in [0.3, 0.4) is 0 Å². The van der Waals surface area contributed by atoms with Crippen molar-refractivity contribution in [3.8, 4) is 0 Å². The van der Waals surface area contributed by atoms with E-state index in [1.165, 1.54) is 0 Å². The van der Waals surface area contributed by atoms with E-state index in [0.717, 1.165) is 17.2 Å². The summed E-state index contributed by atoms with van der Waals surface area (Å²) in [7, 11) is -3.53. The zero-order valence-electron chi connectivity index (χ0n) is 12.9. The van der Waals surface area contributed by atoms with Crippen molar-refractivity contribution in [2.45, 2.75) is 17.6 Å². The van der Waals surface area contributed by atoms with Gasteiger partial charge in [-0.3, -0.25) is 4.79 Å². The van der Waals surface area contributed by atoms with Gasteiger partial charge in [0, 0.05) is 11.6 Å². The molecule has 0 unspecified atom stereocenters. The molecule has 6 nitrogen and oxygen atoms in total. The lowest BCUT2D eigenvalue weighted by molar-refractivity contribution is -0.119. The number of para-hydroxylation sites is 1. The van der Waals surface area contributed by atoms with Gasteiger partial charge in [0.1, 0.15) is 5.82 Å². The molecule has 23 heavy (non-hydrogen) atoms. The second-order valence-corrected chi connectivity index (χ2v) is 8.19. The number of anilines is 1. The lowest BCUT2D eigenvalue weighted by Crippen LogP contribution is -2.55. The number of nitrogens with one attached hydrogen (secondary N) is 2. The third-order valence-electron chi connectivity index (χ3n) is 4.37. The molecule has 1 aliphatic rings. The van der Waals surface area contributed by atoms with Gasteiger partial charge in [-0.25, -0.2) is 13.4 Å². The van der Waals surface area contributed by atoms with Gasteiger partial charge in [0.2, 0.25) is 5.91 Å². The Morgan fingerprint density at radius 1 is 1.17 bits per heavy atom. The molecule has 1 fully saturated rings. The highest BCUT2D eigenvalue weighted by Crippen LogP contribution is 2.29. The Balaban J connectivity index is 1.91. The summed E-state index contributed by atoms with van der Waals surface area (Å²) in [6.45, 7) is 1.01. The zero-order valence-corrected chi connectivity index (χ0v) is 13.7. The lowest BCUT2D eigenvalue weighted by atomic mass is 9.96. The summed E-state index contributed by atoms with van der Waals surface area (Å²) >= 11 is 0. The third-order valence-corrected chi connectivity index (χ3v) is 6.39. The van der Waals surface area contributed by atoms with Crippen molar-refractivity contribution in [3.63, 3.8) is 0 Å². The van der Waals surface area contributed by atoms with Crippen molar-refractivity contribution in [2.75, 3.05) is 24.7 Å². The van der Waals surface area contributed by atoms with Crippen molar-refractivity contribution in [1.82, 2.24) is 10.3 Å². The fraction of sp³-hybridized carbons (Fsp3) is 0.375. The van der Waals surface area contributed by atoms with E-state index in [2.05, 4.69) is 15.6 Å². The Kier molecular flexibility index (Phi) is 4.08. The number of fused-ring (bicyclic) bond motifs is 1. The van der Waals surface area contributed by atoms with Crippen molar-refractivity contribution < 1.29 is 13.2 Å². The van der Waals surface area contributed by atoms with Crippen LogP contribution in [0.15, 0.2) is 36.4 Å². The van der Waals surface area contributed by atoms with Crippen molar-refractivity contribution >= 4 is 32.5 Å². The molecule has 0 saturated carbocycles. The van der Waals surface area contributed by atoms with Crippen LogP contribution < -0.4 is 10.6 Å². The number of amides is 1. The van der Waals surface area contributed by atoms with Crippen molar-refractivity contribution in [2.24, 2.45) is 0 Å². The van der Waals surface area contributed by atoms with E-state index in [9.17, 15) is 13.2 Å². The lowest BCUT2D eigenvalue weighted by Gasteiger charge is -2.34. The monoisotopic (exact) mass is 333 g/mol. The van der Waals surface area contributed by atoms with Crippen LogP contribution in [0.2, 0.25) is 0 Å². The van der Waals surface area contributed by atoms with E-state index in [1.54, 1.807) is 6.07 Å². The predicted molar refractivity (Wildman–Crippen MR) is 90.1 cm³/mol.